The smallest absolute Gasteiger partial charge is 0.191 e. The van der Waals surface area contributed by atoms with Crippen LogP contribution in [0.4, 0.5) is 0 Å². The van der Waals surface area contributed by atoms with Gasteiger partial charge in [0.1, 0.15) is 5.60 Å². The van der Waals surface area contributed by atoms with Gasteiger partial charge in [-0.05, 0) is 34.6 Å². The van der Waals surface area contributed by atoms with Gasteiger partial charge >= 0.3 is 0 Å². The third-order valence-electron chi connectivity index (χ3n) is 5.72. The number of hydrogen-bond acceptors (Lipinski definition) is 3. The Balaban J connectivity index is 1.49. The largest absolute Gasteiger partial charge is 0.359 e. The van der Waals surface area contributed by atoms with Crippen molar-refractivity contribution in [1.29, 1.82) is 0 Å². The molecule has 0 bridgehead atoms. The second-order valence-electron chi connectivity index (χ2n) is 7.88. The zero-order valence-corrected chi connectivity index (χ0v) is 20.3. The second-order valence-corrected chi connectivity index (χ2v) is 8.92. The second kappa shape index (κ2) is 12.2. The molecule has 3 aromatic carbocycles. The molecule has 0 aliphatic rings. The molecule has 174 valence electrons. The molecular formula is C29H31N3OS. The van der Waals surface area contributed by atoms with Gasteiger partial charge in [0.2, 0.25) is 0 Å². The van der Waals surface area contributed by atoms with Crippen molar-refractivity contribution >= 4 is 17.3 Å². The molecule has 1 aromatic heterocycles. The normalized spacial score (nSPS) is 11.9. The van der Waals surface area contributed by atoms with E-state index in [0.29, 0.717) is 13.2 Å². The zero-order chi connectivity index (χ0) is 23.5. The first-order chi connectivity index (χ1) is 16.8. The molecule has 0 radical (unpaired) electrons. The van der Waals surface area contributed by atoms with Crippen molar-refractivity contribution in [1.82, 2.24) is 10.6 Å². The lowest BCUT2D eigenvalue weighted by atomic mass is 9.80. The van der Waals surface area contributed by atoms with Gasteiger partial charge in [-0.2, -0.15) is 0 Å². The Bertz CT molecular complexity index is 1030. The predicted molar refractivity (Wildman–Crippen MR) is 143 cm³/mol. The fourth-order valence-electron chi connectivity index (χ4n) is 4.12. The number of nitrogens with zero attached hydrogens (tertiary/aromatic N) is 1. The molecule has 0 aliphatic carbocycles. The van der Waals surface area contributed by atoms with E-state index >= 15 is 0 Å². The minimum Gasteiger partial charge on any atom is -0.359 e. The Morgan fingerprint density at radius 1 is 0.735 bits per heavy atom. The van der Waals surface area contributed by atoms with Crippen LogP contribution >= 0.6 is 11.3 Å². The van der Waals surface area contributed by atoms with Crippen LogP contribution in [-0.4, -0.2) is 32.7 Å². The lowest BCUT2D eigenvalue weighted by Crippen LogP contribution is -2.41. The van der Waals surface area contributed by atoms with E-state index in [-0.39, 0.29) is 0 Å². The summed E-state index contributed by atoms with van der Waals surface area (Å²) in [5, 5.41) is 8.89. The van der Waals surface area contributed by atoms with Crippen molar-refractivity contribution in [3.8, 4) is 0 Å². The molecule has 0 amide bonds. The van der Waals surface area contributed by atoms with Gasteiger partial charge in [-0.3, -0.25) is 4.99 Å². The van der Waals surface area contributed by atoms with E-state index in [0.717, 1.165) is 35.6 Å². The highest BCUT2D eigenvalue weighted by Crippen LogP contribution is 2.40. The average molecular weight is 470 g/mol. The van der Waals surface area contributed by atoms with Gasteiger partial charge in [-0.25, -0.2) is 0 Å². The fraction of sp³-hybridized carbons (Fsp3) is 0.207. The van der Waals surface area contributed by atoms with Gasteiger partial charge in [0, 0.05) is 25.0 Å². The highest BCUT2D eigenvalue weighted by molar-refractivity contribution is 7.09. The lowest BCUT2D eigenvalue weighted by molar-refractivity contribution is 0.0163. The maximum atomic E-state index is 6.80. The first kappa shape index (κ1) is 23.7. The van der Waals surface area contributed by atoms with Crippen LogP contribution in [0.1, 0.15) is 21.6 Å². The van der Waals surface area contributed by atoms with E-state index in [4.69, 9.17) is 4.74 Å². The summed E-state index contributed by atoms with van der Waals surface area (Å²) in [6.07, 6.45) is 0.980. The minimum atomic E-state index is -0.707. The molecule has 4 rings (SSSR count). The lowest BCUT2D eigenvalue weighted by Gasteiger charge is -2.36. The summed E-state index contributed by atoms with van der Waals surface area (Å²) in [6, 6.07) is 35.6. The van der Waals surface area contributed by atoms with Crippen molar-refractivity contribution in [3.05, 3.63) is 130 Å². The summed E-state index contributed by atoms with van der Waals surface area (Å²) >= 11 is 1.78. The van der Waals surface area contributed by atoms with Crippen molar-refractivity contribution < 1.29 is 4.74 Å². The Morgan fingerprint density at radius 3 is 1.74 bits per heavy atom. The Hall–Kier alpha value is -3.41. The molecule has 0 fully saturated rings. The van der Waals surface area contributed by atoms with Crippen LogP contribution in [-0.2, 0) is 16.8 Å². The number of benzene rings is 3. The van der Waals surface area contributed by atoms with E-state index in [9.17, 15) is 0 Å². The maximum absolute atomic E-state index is 6.80. The number of guanidine groups is 1. The number of aliphatic imine (C=N–C) groups is 1. The van der Waals surface area contributed by atoms with E-state index in [1.54, 1.807) is 18.4 Å². The van der Waals surface area contributed by atoms with Crippen LogP contribution in [0.5, 0.6) is 0 Å². The number of hydrogen-bond donors (Lipinski definition) is 2. The highest BCUT2D eigenvalue weighted by Gasteiger charge is 2.37. The minimum absolute atomic E-state index is 0.504. The van der Waals surface area contributed by atoms with Crippen LogP contribution in [0, 0.1) is 0 Å². The average Bonchev–Trinajstić information content (AvgIpc) is 3.43. The van der Waals surface area contributed by atoms with E-state index < -0.39 is 5.60 Å². The van der Waals surface area contributed by atoms with E-state index in [1.807, 2.05) is 18.2 Å². The van der Waals surface area contributed by atoms with Gasteiger partial charge in [0.05, 0.1) is 6.61 Å². The molecule has 1 heterocycles. The molecule has 0 saturated heterocycles. The molecule has 0 unspecified atom stereocenters. The summed E-state index contributed by atoms with van der Waals surface area (Å²) < 4.78 is 6.80. The molecule has 0 saturated carbocycles. The standard InChI is InChI=1S/C29H31N3OS/c1-30-28(31-20-19-27-18-11-23-34-27)32-21-22-33-29(24-12-5-2-6-13-24,25-14-7-3-8-15-25)26-16-9-4-10-17-26/h2-18,23H,19-22H2,1H3,(H2,30,31,32). The Labute approximate surface area is 206 Å². The third-order valence-corrected chi connectivity index (χ3v) is 6.66. The van der Waals surface area contributed by atoms with Crippen LogP contribution in [0.3, 0.4) is 0 Å². The van der Waals surface area contributed by atoms with Crippen molar-refractivity contribution in [2.45, 2.75) is 12.0 Å². The summed E-state index contributed by atoms with van der Waals surface area (Å²) in [7, 11) is 1.80. The summed E-state index contributed by atoms with van der Waals surface area (Å²) in [6.45, 7) is 1.97. The molecular weight excluding hydrogens is 438 g/mol. The SMILES string of the molecule is CN=C(NCCOC(c1ccccc1)(c1ccccc1)c1ccccc1)NCCc1cccs1. The molecule has 0 spiro atoms. The van der Waals surface area contributed by atoms with Crippen LogP contribution in [0.15, 0.2) is 114 Å². The van der Waals surface area contributed by atoms with E-state index in [1.165, 1.54) is 4.88 Å². The Kier molecular flexibility index (Phi) is 8.49. The maximum Gasteiger partial charge on any atom is 0.191 e. The summed E-state index contributed by atoms with van der Waals surface area (Å²) in [5.74, 6) is 0.782. The molecule has 4 nitrogen and oxygen atoms in total. The van der Waals surface area contributed by atoms with Gasteiger partial charge in [0.25, 0.3) is 0 Å². The predicted octanol–water partition coefficient (Wildman–Crippen LogP) is 5.46. The number of ether oxygens (including phenoxy) is 1. The Morgan fingerprint density at radius 2 is 1.26 bits per heavy atom. The van der Waals surface area contributed by atoms with Crippen molar-refractivity contribution in [3.63, 3.8) is 0 Å². The van der Waals surface area contributed by atoms with Crippen molar-refractivity contribution in [2.24, 2.45) is 4.99 Å². The quantitative estimate of drug-likeness (QED) is 0.140. The zero-order valence-electron chi connectivity index (χ0n) is 19.5. The monoisotopic (exact) mass is 469 g/mol. The van der Waals surface area contributed by atoms with E-state index in [2.05, 4.69) is 106 Å². The molecule has 0 atom stereocenters. The summed E-state index contributed by atoms with van der Waals surface area (Å²) in [5.41, 5.74) is 2.60. The van der Waals surface area contributed by atoms with Crippen LogP contribution in [0.25, 0.3) is 0 Å². The van der Waals surface area contributed by atoms with Gasteiger partial charge in [-0.15, -0.1) is 11.3 Å². The molecule has 34 heavy (non-hydrogen) atoms. The highest BCUT2D eigenvalue weighted by atomic mass is 32.1. The van der Waals surface area contributed by atoms with Gasteiger partial charge in [0.15, 0.2) is 5.96 Å². The topological polar surface area (TPSA) is 45.7 Å². The van der Waals surface area contributed by atoms with Gasteiger partial charge < -0.3 is 15.4 Å². The van der Waals surface area contributed by atoms with Crippen molar-refractivity contribution in [2.75, 3.05) is 26.7 Å². The molecule has 2 N–H and O–H groups in total. The molecule has 0 aliphatic heterocycles. The fourth-order valence-corrected chi connectivity index (χ4v) is 4.83. The number of thiophene rings is 1. The van der Waals surface area contributed by atoms with Crippen LogP contribution in [0.2, 0.25) is 0 Å². The number of rotatable bonds is 10. The third kappa shape index (κ3) is 5.74. The van der Waals surface area contributed by atoms with Gasteiger partial charge in [-0.1, -0.05) is 97.1 Å². The molecule has 4 aromatic rings. The van der Waals surface area contributed by atoms with Crippen LogP contribution < -0.4 is 10.6 Å². The first-order valence-corrected chi connectivity index (χ1v) is 12.5. The number of nitrogens with one attached hydrogen (secondary N) is 2. The first-order valence-electron chi connectivity index (χ1n) is 11.6. The summed E-state index contributed by atoms with van der Waals surface area (Å²) in [4.78, 5) is 5.72. The molecule has 5 heteroatoms.